The molecule has 2 fully saturated rings. The first-order valence-electron chi connectivity index (χ1n) is 6.20. The van der Waals surface area contributed by atoms with Crippen LogP contribution in [0.4, 0.5) is 4.39 Å². The molecule has 3 rings (SSSR count). The van der Waals surface area contributed by atoms with Crippen LogP contribution in [-0.2, 0) is 16.6 Å². The van der Waals surface area contributed by atoms with Gasteiger partial charge in [-0.15, -0.1) is 0 Å². The molecule has 104 valence electrons. The molecule has 0 bridgehead atoms. The highest BCUT2D eigenvalue weighted by atomic mass is 35.5. The summed E-state index contributed by atoms with van der Waals surface area (Å²) in [6.45, 7) is 0. The maximum atomic E-state index is 13.2. The van der Waals surface area contributed by atoms with Crippen molar-refractivity contribution < 1.29 is 8.60 Å². The molecular formula is C13H14Cl2FNOS. The smallest absolute Gasteiger partial charge is 0.108 e. The molecule has 0 saturated heterocycles. The minimum Gasteiger partial charge on any atom is -0.326 e. The van der Waals surface area contributed by atoms with Crippen molar-refractivity contribution in [1.29, 1.82) is 0 Å². The SMILES string of the molecule is N[C@H]1[C@@H]2[C@H](F)[C@@H]2C[C@H]1S(=O)Cc1ccc(Cl)c(Cl)c1. The summed E-state index contributed by atoms with van der Waals surface area (Å²) in [5.41, 5.74) is 6.86. The summed E-state index contributed by atoms with van der Waals surface area (Å²) < 4.78 is 25.5. The summed E-state index contributed by atoms with van der Waals surface area (Å²) >= 11 is 11.8. The average molecular weight is 322 g/mol. The molecule has 1 unspecified atom stereocenters. The van der Waals surface area contributed by atoms with Gasteiger partial charge in [-0.25, -0.2) is 4.39 Å². The number of nitrogens with two attached hydrogens (primary N) is 1. The van der Waals surface area contributed by atoms with E-state index in [9.17, 15) is 8.60 Å². The molecular weight excluding hydrogens is 308 g/mol. The molecule has 1 aromatic rings. The van der Waals surface area contributed by atoms with Gasteiger partial charge in [0.15, 0.2) is 0 Å². The molecule has 19 heavy (non-hydrogen) atoms. The lowest BCUT2D eigenvalue weighted by Gasteiger charge is -2.18. The number of rotatable bonds is 3. The largest absolute Gasteiger partial charge is 0.326 e. The third-order valence-electron chi connectivity index (χ3n) is 4.14. The lowest BCUT2D eigenvalue weighted by atomic mass is 10.2. The summed E-state index contributed by atoms with van der Waals surface area (Å²) in [6, 6.07) is 4.95. The summed E-state index contributed by atoms with van der Waals surface area (Å²) in [7, 11) is -1.09. The fourth-order valence-electron chi connectivity index (χ4n) is 3.00. The van der Waals surface area contributed by atoms with Crippen LogP contribution < -0.4 is 5.73 Å². The first-order valence-corrected chi connectivity index (χ1v) is 8.33. The summed E-state index contributed by atoms with van der Waals surface area (Å²) in [4.78, 5) is 0. The van der Waals surface area contributed by atoms with Gasteiger partial charge in [-0.2, -0.15) is 0 Å². The fourth-order valence-corrected chi connectivity index (χ4v) is 5.01. The van der Waals surface area contributed by atoms with Gasteiger partial charge < -0.3 is 5.73 Å². The number of halogens is 3. The third kappa shape index (κ3) is 2.44. The predicted molar refractivity (Wildman–Crippen MR) is 76.6 cm³/mol. The highest BCUT2D eigenvalue weighted by Gasteiger charge is 2.62. The lowest BCUT2D eigenvalue weighted by Crippen LogP contribution is -2.38. The molecule has 0 aromatic heterocycles. The Labute approximate surface area is 123 Å². The molecule has 2 nitrogen and oxygen atoms in total. The molecule has 0 heterocycles. The lowest BCUT2D eigenvalue weighted by molar-refractivity contribution is 0.384. The van der Waals surface area contributed by atoms with Gasteiger partial charge in [-0.05, 0) is 30.0 Å². The van der Waals surface area contributed by atoms with Crippen LogP contribution in [0.15, 0.2) is 18.2 Å². The number of benzene rings is 1. The topological polar surface area (TPSA) is 43.1 Å². The molecule has 2 aliphatic carbocycles. The first-order chi connectivity index (χ1) is 8.99. The van der Waals surface area contributed by atoms with Crippen LogP contribution >= 0.6 is 23.2 Å². The molecule has 0 radical (unpaired) electrons. The number of hydrogen-bond acceptors (Lipinski definition) is 2. The molecule has 0 amide bonds. The molecule has 0 spiro atoms. The molecule has 1 aromatic carbocycles. The van der Waals surface area contributed by atoms with Crippen LogP contribution in [0.1, 0.15) is 12.0 Å². The van der Waals surface area contributed by atoms with Crippen LogP contribution in [0, 0.1) is 11.8 Å². The van der Waals surface area contributed by atoms with Crippen LogP contribution in [0.5, 0.6) is 0 Å². The molecule has 6 heteroatoms. The van der Waals surface area contributed by atoms with Gasteiger partial charge in [0.05, 0.1) is 15.3 Å². The Balaban J connectivity index is 1.67. The van der Waals surface area contributed by atoms with Gasteiger partial charge in [-0.3, -0.25) is 4.21 Å². The number of alkyl halides is 1. The standard InChI is InChI=1S/C13H14Cl2FNOS/c14-8-2-1-6(3-9(8)15)5-19(18)10-4-7-11(12(7)16)13(10)17/h1-3,7,10-13H,4-5,17H2/t7-,10-,11+,12-,13-,19?/m1/s1. The van der Waals surface area contributed by atoms with E-state index in [1.54, 1.807) is 12.1 Å². The molecule has 6 atom stereocenters. The van der Waals surface area contributed by atoms with Crippen molar-refractivity contribution in [3.05, 3.63) is 33.8 Å². The van der Waals surface area contributed by atoms with Crippen LogP contribution in [-0.4, -0.2) is 21.7 Å². The predicted octanol–water partition coefficient (Wildman–Crippen LogP) is 2.93. The van der Waals surface area contributed by atoms with Crippen LogP contribution in [0.2, 0.25) is 10.0 Å². The van der Waals surface area contributed by atoms with E-state index < -0.39 is 17.0 Å². The van der Waals surface area contributed by atoms with Gasteiger partial charge >= 0.3 is 0 Å². The molecule has 2 N–H and O–H groups in total. The fraction of sp³-hybridized carbons (Fsp3) is 0.538. The summed E-state index contributed by atoms with van der Waals surface area (Å²) in [5.74, 6) is 0.367. The van der Waals surface area contributed by atoms with E-state index in [1.807, 2.05) is 6.07 Å². The van der Waals surface area contributed by atoms with E-state index in [0.717, 1.165) is 5.56 Å². The van der Waals surface area contributed by atoms with Crippen molar-refractivity contribution in [2.45, 2.75) is 29.6 Å². The molecule has 2 saturated carbocycles. The average Bonchev–Trinajstić information content (AvgIpc) is 2.84. The zero-order valence-corrected chi connectivity index (χ0v) is 12.4. The van der Waals surface area contributed by atoms with Crippen molar-refractivity contribution in [3.63, 3.8) is 0 Å². The van der Waals surface area contributed by atoms with Gasteiger partial charge in [0.25, 0.3) is 0 Å². The maximum Gasteiger partial charge on any atom is 0.108 e. The van der Waals surface area contributed by atoms with Gasteiger partial charge in [0, 0.05) is 28.5 Å². The van der Waals surface area contributed by atoms with E-state index in [2.05, 4.69) is 0 Å². The minimum absolute atomic E-state index is 0.0396. The van der Waals surface area contributed by atoms with Crippen molar-refractivity contribution in [3.8, 4) is 0 Å². The number of hydrogen-bond donors (Lipinski definition) is 1. The van der Waals surface area contributed by atoms with Crippen LogP contribution in [0.3, 0.4) is 0 Å². The Morgan fingerprint density at radius 1 is 1.37 bits per heavy atom. The summed E-state index contributed by atoms with van der Waals surface area (Å²) in [5, 5.41) is 0.838. The van der Waals surface area contributed by atoms with Gasteiger partial charge in [0.1, 0.15) is 6.17 Å². The highest BCUT2D eigenvalue weighted by Crippen LogP contribution is 2.54. The second-order valence-electron chi connectivity index (χ2n) is 5.31. The van der Waals surface area contributed by atoms with Crippen molar-refractivity contribution in [2.75, 3.05) is 0 Å². The Kier molecular flexibility index (Phi) is 3.63. The van der Waals surface area contributed by atoms with Crippen LogP contribution in [0.25, 0.3) is 0 Å². The Morgan fingerprint density at radius 2 is 2.11 bits per heavy atom. The quantitative estimate of drug-likeness (QED) is 0.930. The van der Waals surface area contributed by atoms with E-state index in [1.165, 1.54) is 0 Å². The number of fused-ring (bicyclic) bond motifs is 1. The maximum absolute atomic E-state index is 13.2. The molecule has 0 aliphatic heterocycles. The molecule has 2 aliphatic rings. The van der Waals surface area contributed by atoms with E-state index in [0.29, 0.717) is 22.2 Å². The zero-order valence-electron chi connectivity index (χ0n) is 10.1. The van der Waals surface area contributed by atoms with Gasteiger partial charge in [-0.1, -0.05) is 29.3 Å². The van der Waals surface area contributed by atoms with E-state index in [4.69, 9.17) is 28.9 Å². The zero-order chi connectivity index (χ0) is 13.7. The first kappa shape index (κ1) is 13.8. The van der Waals surface area contributed by atoms with Crippen molar-refractivity contribution in [2.24, 2.45) is 17.6 Å². The second kappa shape index (κ2) is 4.99. The minimum atomic E-state index is -1.09. The Bertz CT molecular complexity index is 541. The second-order valence-corrected chi connectivity index (χ2v) is 7.78. The Hall–Kier alpha value is -0.160. The highest BCUT2D eigenvalue weighted by molar-refractivity contribution is 7.84. The van der Waals surface area contributed by atoms with Crippen molar-refractivity contribution in [1.82, 2.24) is 0 Å². The normalized spacial score (nSPS) is 38.0. The van der Waals surface area contributed by atoms with Crippen molar-refractivity contribution >= 4 is 34.0 Å². The van der Waals surface area contributed by atoms with E-state index >= 15 is 0 Å². The van der Waals surface area contributed by atoms with E-state index in [-0.39, 0.29) is 23.1 Å². The monoisotopic (exact) mass is 321 g/mol. The summed E-state index contributed by atoms with van der Waals surface area (Å²) in [6.07, 6.45) is -0.130. The van der Waals surface area contributed by atoms with Gasteiger partial charge in [0.2, 0.25) is 0 Å². The third-order valence-corrected chi connectivity index (χ3v) is 6.68. The Morgan fingerprint density at radius 3 is 2.68 bits per heavy atom.